The van der Waals surface area contributed by atoms with Gasteiger partial charge in [0.1, 0.15) is 0 Å². The minimum Gasteiger partial charge on any atom is -0.455 e. The highest BCUT2D eigenvalue weighted by Crippen LogP contribution is 2.24. The summed E-state index contributed by atoms with van der Waals surface area (Å²) in [7, 11) is 0. The maximum Gasteiger partial charge on any atom is 0.321 e. The molecule has 2 aromatic rings. The molecule has 0 saturated heterocycles. The number of ether oxygens (including phenoxy) is 1. The first-order chi connectivity index (χ1) is 12.9. The molecule has 1 aromatic carbocycles. The molecule has 1 heterocycles. The second-order valence-corrected chi connectivity index (χ2v) is 7.10. The first kappa shape index (κ1) is 20.8. The number of imidazole rings is 1. The van der Waals surface area contributed by atoms with E-state index >= 15 is 0 Å². The van der Waals surface area contributed by atoms with Crippen molar-refractivity contribution in [2.45, 2.75) is 44.9 Å². The van der Waals surface area contributed by atoms with E-state index in [1.54, 1.807) is 13.8 Å². The standard InChI is InChI=1S/C18H24N4O4S/c1-4-9-22-14-8-6-5-7-13(14)20-18(22)27-11-16(24)26-10-15(23)21-17(25)19-12(2)3/h5-8,12H,4,9-11H2,1-3H3,(H2,19,21,23,25). The van der Waals surface area contributed by atoms with Crippen molar-refractivity contribution in [3.05, 3.63) is 24.3 Å². The molecular weight excluding hydrogens is 368 g/mol. The van der Waals surface area contributed by atoms with Crippen LogP contribution in [0.5, 0.6) is 0 Å². The summed E-state index contributed by atoms with van der Waals surface area (Å²) in [5.41, 5.74) is 1.89. The van der Waals surface area contributed by atoms with Crippen LogP contribution in [-0.4, -0.2) is 45.9 Å². The second-order valence-electron chi connectivity index (χ2n) is 6.16. The predicted octanol–water partition coefficient (Wildman–Crippen LogP) is 2.32. The van der Waals surface area contributed by atoms with Crippen molar-refractivity contribution >= 4 is 40.7 Å². The van der Waals surface area contributed by atoms with E-state index in [-0.39, 0.29) is 11.8 Å². The summed E-state index contributed by atoms with van der Waals surface area (Å²) in [5, 5.41) is 5.34. The minimum atomic E-state index is -0.676. The Kier molecular flexibility index (Phi) is 7.66. The molecule has 27 heavy (non-hydrogen) atoms. The fourth-order valence-corrected chi connectivity index (χ4v) is 3.21. The number of nitrogens with one attached hydrogen (secondary N) is 2. The van der Waals surface area contributed by atoms with E-state index in [0.29, 0.717) is 0 Å². The zero-order valence-electron chi connectivity index (χ0n) is 15.7. The van der Waals surface area contributed by atoms with E-state index in [0.717, 1.165) is 29.2 Å². The lowest BCUT2D eigenvalue weighted by molar-refractivity contribution is -0.145. The number of hydrogen-bond donors (Lipinski definition) is 2. The van der Waals surface area contributed by atoms with Crippen molar-refractivity contribution in [3.63, 3.8) is 0 Å². The number of aromatic nitrogens is 2. The average Bonchev–Trinajstić information content (AvgIpc) is 2.95. The Morgan fingerprint density at radius 3 is 2.70 bits per heavy atom. The Balaban J connectivity index is 1.85. The van der Waals surface area contributed by atoms with Crippen LogP contribution in [0.4, 0.5) is 4.79 Å². The summed E-state index contributed by atoms with van der Waals surface area (Å²) in [6.45, 7) is 5.91. The molecule has 0 unspecified atom stereocenters. The number of esters is 1. The Morgan fingerprint density at radius 2 is 2.00 bits per heavy atom. The number of nitrogens with zero attached hydrogens (tertiary/aromatic N) is 2. The molecule has 8 nitrogen and oxygen atoms in total. The third kappa shape index (κ3) is 6.28. The van der Waals surface area contributed by atoms with Crippen molar-refractivity contribution in [1.82, 2.24) is 20.2 Å². The van der Waals surface area contributed by atoms with Gasteiger partial charge in [-0.15, -0.1) is 0 Å². The number of fused-ring (bicyclic) bond motifs is 1. The van der Waals surface area contributed by atoms with Crippen LogP contribution >= 0.6 is 11.8 Å². The summed E-state index contributed by atoms with van der Waals surface area (Å²) < 4.78 is 6.98. The molecule has 0 atom stereocenters. The number of thioether (sulfide) groups is 1. The average molecular weight is 392 g/mol. The van der Waals surface area contributed by atoms with Crippen LogP contribution in [0.1, 0.15) is 27.2 Å². The monoisotopic (exact) mass is 392 g/mol. The molecule has 2 N–H and O–H groups in total. The lowest BCUT2D eigenvalue weighted by Gasteiger charge is -2.09. The topological polar surface area (TPSA) is 102 Å². The van der Waals surface area contributed by atoms with Gasteiger partial charge in [0.15, 0.2) is 11.8 Å². The number of aryl methyl sites for hydroxylation is 1. The second kappa shape index (κ2) is 9.96. The summed E-state index contributed by atoms with van der Waals surface area (Å²) in [6, 6.07) is 7.08. The van der Waals surface area contributed by atoms with Crippen molar-refractivity contribution in [1.29, 1.82) is 0 Å². The molecule has 0 radical (unpaired) electrons. The first-order valence-electron chi connectivity index (χ1n) is 8.74. The number of carbonyl (C=O) groups is 3. The van der Waals surface area contributed by atoms with Gasteiger partial charge in [0.25, 0.3) is 5.91 Å². The van der Waals surface area contributed by atoms with Crippen molar-refractivity contribution in [2.75, 3.05) is 12.4 Å². The van der Waals surface area contributed by atoms with Crippen LogP contribution in [0.3, 0.4) is 0 Å². The number of urea groups is 1. The highest BCUT2D eigenvalue weighted by atomic mass is 32.2. The molecule has 0 aliphatic carbocycles. The van der Waals surface area contributed by atoms with Crippen molar-refractivity contribution < 1.29 is 19.1 Å². The molecule has 0 spiro atoms. The summed E-state index contributed by atoms with van der Waals surface area (Å²) in [6.07, 6.45) is 0.941. The third-order valence-electron chi connectivity index (χ3n) is 3.42. The Bertz CT molecular complexity index is 819. The zero-order chi connectivity index (χ0) is 19.8. The van der Waals surface area contributed by atoms with Gasteiger partial charge in [-0.2, -0.15) is 0 Å². The van der Waals surface area contributed by atoms with Crippen molar-refractivity contribution in [2.24, 2.45) is 0 Å². The van der Waals surface area contributed by atoms with Gasteiger partial charge in [-0.3, -0.25) is 14.9 Å². The molecule has 0 fully saturated rings. The van der Waals surface area contributed by atoms with E-state index in [1.807, 2.05) is 24.3 Å². The van der Waals surface area contributed by atoms with Gasteiger partial charge in [-0.05, 0) is 32.4 Å². The van der Waals surface area contributed by atoms with Gasteiger partial charge >= 0.3 is 12.0 Å². The normalized spacial score (nSPS) is 10.8. The lowest BCUT2D eigenvalue weighted by atomic mass is 10.3. The number of rotatable bonds is 8. The molecular formula is C18H24N4O4S. The van der Waals surface area contributed by atoms with Crippen LogP contribution in [0.2, 0.25) is 0 Å². The molecule has 1 aromatic heterocycles. The Morgan fingerprint density at radius 1 is 1.26 bits per heavy atom. The van der Waals surface area contributed by atoms with Crippen LogP contribution in [0.25, 0.3) is 11.0 Å². The van der Waals surface area contributed by atoms with E-state index < -0.39 is 24.5 Å². The fraction of sp³-hybridized carbons (Fsp3) is 0.444. The summed E-state index contributed by atoms with van der Waals surface area (Å²) in [5.74, 6) is -1.20. The van der Waals surface area contributed by atoms with Crippen LogP contribution in [-0.2, 0) is 20.9 Å². The van der Waals surface area contributed by atoms with E-state index in [2.05, 4.69) is 27.1 Å². The molecule has 0 aliphatic rings. The van der Waals surface area contributed by atoms with E-state index in [9.17, 15) is 14.4 Å². The molecule has 2 rings (SSSR count). The fourth-order valence-electron chi connectivity index (χ4n) is 2.38. The van der Waals surface area contributed by atoms with Crippen LogP contribution < -0.4 is 10.6 Å². The Hall–Kier alpha value is -2.55. The summed E-state index contributed by atoms with van der Waals surface area (Å²) >= 11 is 1.26. The quantitative estimate of drug-likeness (QED) is 0.528. The van der Waals surface area contributed by atoms with E-state index in [4.69, 9.17) is 4.74 Å². The first-order valence-corrected chi connectivity index (χ1v) is 9.73. The molecule has 0 aliphatic heterocycles. The maximum absolute atomic E-state index is 11.9. The number of para-hydroxylation sites is 2. The third-order valence-corrected chi connectivity index (χ3v) is 4.37. The van der Waals surface area contributed by atoms with Gasteiger partial charge in [0.2, 0.25) is 0 Å². The smallest absolute Gasteiger partial charge is 0.321 e. The van der Waals surface area contributed by atoms with E-state index in [1.165, 1.54) is 11.8 Å². The highest BCUT2D eigenvalue weighted by Gasteiger charge is 2.15. The van der Waals surface area contributed by atoms with Gasteiger partial charge in [0.05, 0.1) is 16.8 Å². The number of benzene rings is 1. The molecule has 0 saturated carbocycles. The molecule has 0 bridgehead atoms. The van der Waals surface area contributed by atoms with Gasteiger partial charge in [-0.1, -0.05) is 30.8 Å². The molecule has 146 valence electrons. The van der Waals surface area contributed by atoms with Crippen LogP contribution in [0, 0.1) is 0 Å². The number of carbonyl (C=O) groups excluding carboxylic acids is 3. The Labute approximate surface area is 162 Å². The lowest BCUT2D eigenvalue weighted by Crippen LogP contribution is -2.44. The van der Waals surface area contributed by atoms with Crippen molar-refractivity contribution in [3.8, 4) is 0 Å². The van der Waals surface area contributed by atoms with Gasteiger partial charge in [0, 0.05) is 12.6 Å². The largest absolute Gasteiger partial charge is 0.455 e. The minimum absolute atomic E-state index is 0.0263. The summed E-state index contributed by atoms with van der Waals surface area (Å²) in [4.78, 5) is 39.5. The predicted molar refractivity (Wildman–Crippen MR) is 104 cm³/mol. The highest BCUT2D eigenvalue weighted by molar-refractivity contribution is 7.99. The maximum atomic E-state index is 11.9. The zero-order valence-corrected chi connectivity index (χ0v) is 16.5. The van der Waals surface area contributed by atoms with Crippen LogP contribution in [0.15, 0.2) is 29.4 Å². The number of amides is 3. The number of hydrogen-bond acceptors (Lipinski definition) is 6. The molecule has 9 heteroatoms. The SMILES string of the molecule is CCCn1c(SCC(=O)OCC(=O)NC(=O)NC(C)C)nc2ccccc21. The van der Waals surface area contributed by atoms with Gasteiger partial charge < -0.3 is 14.6 Å². The molecule has 3 amide bonds. The number of imide groups is 1. The van der Waals surface area contributed by atoms with Gasteiger partial charge in [-0.25, -0.2) is 9.78 Å².